The first-order valence-corrected chi connectivity index (χ1v) is 13.3. The molecule has 4 rings (SSSR count). The Balaban J connectivity index is 1.41. The smallest absolute Gasteiger partial charge is 0.339 e. The molecule has 0 amide bonds. The fourth-order valence-corrected chi connectivity index (χ4v) is 5.43. The number of anilines is 1. The van der Waals surface area contributed by atoms with E-state index < -0.39 is 10.1 Å². The summed E-state index contributed by atoms with van der Waals surface area (Å²) in [5, 5.41) is 0. The molecule has 1 aliphatic heterocycles. The maximum Gasteiger partial charge on any atom is 0.339 e. The number of rotatable bonds is 8. The van der Waals surface area contributed by atoms with Crippen molar-refractivity contribution in [2.45, 2.75) is 37.8 Å². The van der Waals surface area contributed by atoms with Crippen molar-refractivity contribution in [2.75, 3.05) is 38.8 Å². The summed E-state index contributed by atoms with van der Waals surface area (Å²) < 4.78 is 41.4. The van der Waals surface area contributed by atoms with E-state index in [0.717, 1.165) is 48.9 Å². The van der Waals surface area contributed by atoms with Crippen molar-refractivity contribution in [3.8, 4) is 17.2 Å². The van der Waals surface area contributed by atoms with Crippen LogP contribution in [0.2, 0.25) is 0 Å². The Morgan fingerprint density at radius 3 is 2.14 bits per heavy atom. The van der Waals surface area contributed by atoms with E-state index in [0.29, 0.717) is 5.75 Å². The summed E-state index contributed by atoms with van der Waals surface area (Å²) in [5.41, 5.74) is 3.12. The molecule has 3 aromatic rings. The molecule has 0 unspecified atom stereocenters. The number of piperazine rings is 1. The zero-order valence-corrected chi connectivity index (χ0v) is 22.3. The van der Waals surface area contributed by atoms with Gasteiger partial charge in [-0.05, 0) is 74.9 Å². The summed E-state index contributed by atoms with van der Waals surface area (Å²) >= 11 is 0. The quantitative estimate of drug-likeness (QED) is 0.400. The van der Waals surface area contributed by atoms with Crippen LogP contribution < -0.4 is 18.6 Å². The van der Waals surface area contributed by atoms with E-state index >= 15 is 0 Å². The SMILES string of the molecule is COc1ccc(CN2CCN(c3ccc(OS(=O)(=O)c4ccc(C)cc4)cc3)CC2(C)C)cc1OC. The van der Waals surface area contributed by atoms with Gasteiger partial charge in [-0.25, -0.2) is 0 Å². The van der Waals surface area contributed by atoms with E-state index in [2.05, 4.69) is 29.7 Å². The number of nitrogens with zero attached hydrogens (tertiary/aromatic N) is 2. The van der Waals surface area contributed by atoms with Gasteiger partial charge in [0.25, 0.3) is 0 Å². The zero-order valence-electron chi connectivity index (χ0n) is 21.5. The van der Waals surface area contributed by atoms with Gasteiger partial charge >= 0.3 is 10.1 Å². The van der Waals surface area contributed by atoms with Crippen molar-refractivity contribution in [2.24, 2.45) is 0 Å². The Morgan fingerprint density at radius 2 is 1.53 bits per heavy atom. The average Bonchev–Trinajstić information content (AvgIpc) is 2.85. The highest BCUT2D eigenvalue weighted by Gasteiger charge is 2.34. The van der Waals surface area contributed by atoms with Crippen molar-refractivity contribution in [3.63, 3.8) is 0 Å². The molecule has 1 aliphatic rings. The molecule has 0 saturated carbocycles. The normalized spacial score (nSPS) is 16.0. The highest BCUT2D eigenvalue weighted by Crippen LogP contribution is 2.32. The minimum Gasteiger partial charge on any atom is -0.493 e. The molecule has 1 fully saturated rings. The predicted octanol–water partition coefficient (Wildman–Crippen LogP) is 4.88. The summed E-state index contributed by atoms with van der Waals surface area (Å²) in [5.74, 6) is 1.76. The Bertz CT molecular complexity index is 1290. The molecule has 0 spiro atoms. The molecule has 192 valence electrons. The van der Waals surface area contributed by atoms with Crippen molar-refractivity contribution in [1.29, 1.82) is 0 Å². The minimum absolute atomic E-state index is 0.0740. The zero-order chi connectivity index (χ0) is 25.9. The van der Waals surface area contributed by atoms with Crippen LogP contribution in [0.1, 0.15) is 25.0 Å². The lowest BCUT2D eigenvalue weighted by Crippen LogP contribution is -2.58. The van der Waals surface area contributed by atoms with Crippen LogP contribution in [0.25, 0.3) is 0 Å². The summed E-state index contributed by atoms with van der Waals surface area (Å²) in [7, 11) is -0.578. The molecule has 0 radical (unpaired) electrons. The van der Waals surface area contributed by atoms with Gasteiger partial charge in [-0.2, -0.15) is 8.42 Å². The van der Waals surface area contributed by atoms with Gasteiger partial charge in [0.2, 0.25) is 0 Å². The highest BCUT2D eigenvalue weighted by atomic mass is 32.2. The molecule has 8 heteroatoms. The van der Waals surface area contributed by atoms with Crippen molar-refractivity contribution in [3.05, 3.63) is 77.9 Å². The summed E-state index contributed by atoms with van der Waals surface area (Å²) in [6.45, 7) is 9.79. The van der Waals surface area contributed by atoms with Crippen LogP contribution in [0.5, 0.6) is 17.2 Å². The average molecular weight is 511 g/mol. The monoisotopic (exact) mass is 510 g/mol. The molecule has 0 N–H and O–H groups in total. The molecular formula is C28H34N2O5S. The van der Waals surface area contributed by atoms with Gasteiger partial charge in [-0.3, -0.25) is 4.90 Å². The fourth-order valence-electron chi connectivity index (χ4n) is 4.50. The molecule has 0 bridgehead atoms. The fraction of sp³-hybridized carbons (Fsp3) is 0.357. The van der Waals surface area contributed by atoms with E-state index in [4.69, 9.17) is 13.7 Å². The largest absolute Gasteiger partial charge is 0.493 e. The molecule has 1 saturated heterocycles. The maximum atomic E-state index is 12.6. The first kappa shape index (κ1) is 25.9. The summed E-state index contributed by atoms with van der Waals surface area (Å²) in [4.78, 5) is 4.93. The number of methoxy groups -OCH3 is 2. The third kappa shape index (κ3) is 5.77. The van der Waals surface area contributed by atoms with Crippen LogP contribution in [0.3, 0.4) is 0 Å². The standard InChI is InChI=1S/C28H34N2O5S/c1-21-6-13-25(14-7-21)36(31,32)35-24-11-9-23(10-12-24)29-16-17-30(28(2,3)20-29)19-22-8-15-26(33-4)27(18-22)34-5/h6-15,18H,16-17,19-20H2,1-5H3. The molecule has 1 heterocycles. The predicted molar refractivity (Wildman–Crippen MR) is 142 cm³/mol. The molecular weight excluding hydrogens is 476 g/mol. The van der Waals surface area contributed by atoms with Crippen LogP contribution in [-0.4, -0.2) is 52.7 Å². The topological polar surface area (TPSA) is 68.3 Å². The number of ether oxygens (including phenoxy) is 2. The Hall–Kier alpha value is -3.23. The second-order valence-corrected chi connectivity index (χ2v) is 11.2. The van der Waals surface area contributed by atoms with Crippen LogP contribution in [0.4, 0.5) is 5.69 Å². The van der Waals surface area contributed by atoms with Gasteiger partial charge in [-0.15, -0.1) is 0 Å². The van der Waals surface area contributed by atoms with Gasteiger partial charge in [0.05, 0.1) is 14.2 Å². The molecule has 3 aromatic carbocycles. The highest BCUT2D eigenvalue weighted by molar-refractivity contribution is 7.87. The number of hydrogen-bond acceptors (Lipinski definition) is 7. The number of benzene rings is 3. The minimum atomic E-state index is -3.87. The van der Waals surface area contributed by atoms with Crippen LogP contribution in [0.15, 0.2) is 71.6 Å². The lowest BCUT2D eigenvalue weighted by atomic mass is 9.97. The first-order valence-electron chi connectivity index (χ1n) is 11.9. The lowest BCUT2D eigenvalue weighted by molar-refractivity contribution is 0.0962. The van der Waals surface area contributed by atoms with Gasteiger partial charge in [-0.1, -0.05) is 23.8 Å². The Morgan fingerprint density at radius 1 is 0.861 bits per heavy atom. The van der Waals surface area contributed by atoms with E-state index in [1.807, 2.05) is 31.2 Å². The van der Waals surface area contributed by atoms with E-state index in [1.165, 1.54) is 5.56 Å². The second-order valence-electron chi connectivity index (χ2n) is 9.69. The van der Waals surface area contributed by atoms with Crippen LogP contribution in [-0.2, 0) is 16.7 Å². The molecule has 0 aromatic heterocycles. The van der Waals surface area contributed by atoms with E-state index in [-0.39, 0.29) is 10.4 Å². The second kappa shape index (κ2) is 10.4. The lowest BCUT2D eigenvalue weighted by Gasteiger charge is -2.48. The summed E-state index contributed by atoms with van der Waals surface area (Å²) in [6, 6.07) is 19.9. The third-order valence-corrected chi connectivity index (χ3v) is 7.87. The molecule has 0 aliphatic carbocycles. The van der Waals surface area contributed by atoms with Crippen molar-refractivity contribution in [1.82, 2.24) is 4.90 Å². The van der Waals surface area contributed by atoms with Crippen molar-refractivity contribution < 1.29 is 22.1 Å². The number of aryl methyl sites for hydroxylation is 1. The van der Waals surface area contributed by atoms with Crippen molar-refractivity contribution >= 4 is 15.8 Å². The maximum absolute atomic E-state index is 12.6. The van der Waals surface area contributed by atoms with Crippen LogP contribution >= 0.6 is 0 Å². The Kier molecular flexibility index (Phi) is 7.47. The first-order chi connectivity index (χ1) is 17.1. The molecule has 0 atom stereocenters. The van der Waals surface area contributed by atoms with Gasteiger partial charge in [0.1, 0.15) is 10.6 Å². The van der Waals surface area contributed by atoms with E-state index in [9.17, 15) is 8.42 Å². The van der Waals surface area contributed by atoms with Crippen LogP contribution in [0, 0.1) is 6.92 Å². The third-order valence-electron chi connectivity index (χ3n) is 6.61. The van der Waals surface area contributed by atoms with Gasteiger partial charge < -0.3 is 18.6 Å². The Labute approximate surface area is 214 Å². The number of hydrogen-bond donors (Lipinski definition) is 0. The van der Waals surface area contributed by atoms with E-state index in [1.54, 1.807) is 50.6 Å². The van der Waals surface area contributed by atoms with Gasteiger partial charge in [0, 0.05) is 37.4 Å². The molecule has 7 nitrogen and oxygen atoms in total. The van der Waals surface area contributed by atoms with Gasteiger partial charge in [0.15, 0.2) is 11.5 Å². The molecule has 36 heavy (non-hydrogen) atoms. The summed E-state index contributed by atoms with van der Waals surface area (Å²) in [6.07, 6.45) is 0.